The Hall–Kier alpha value is -1.65. The second-order valence-corrected chi connectivity index (χ2v) is 5.70. The number of nitrogens with zero attached hydrogens (tertiary/aromatic N) is 1. The molecule has 0 amide bonds. The average molecular weight is 290 g/mol. The van der Waals surface area contributed by atoms with Crippen LogP contribution in [-0.4, -0.2) is 18.0 Å². The maximum atomic E-state index is 12.9. The highest BCUT2D eigenvalue weighted by Crippen LogP contribution is 2.12. The Morgan fingerprint density at radius 3 is 2.38 bits per heavy atom. The van der Waals surface area contributed by atoms with Gasteiger partial charge in [-0.1, -0.05) is 26.0 Å². The molecule has 21 heavy (non-hydrogen) atoms. The predicted molar refractivity (Wildman–Crippen MR) is 82.3 cm³/mol. The van der Waals surface area contributed by atoms with Crippen molar-refractivity contribution in [1.82, 2.24) is 10.2 Å². The van der Waals surface area contributed by atoms with Gasteiger partial charge in [0.25, 0.3) is 0 Å². The molecule has 1 N–H and O–H groups in total. The Kier molecular flexibility index (Phi) is 5.53. The lowest BCUT2D eigenvalue weighted by Crippen LogP contribution is -2.21. The monoisotopic (exact) mass is 290 g/mol. The fourth-order valence-corrected chi connectivity index (χ4v) is 2.13. The van der Waals surface area contributed by atoms with Crippen LogP contribution < -0.4 is 5.32 Å². The minimum atomic E-state index is -0.199. The van der Waals surface area contributed by atoms with Crippen LogP contribution in [-0.2, 0) is 19.6 Å². The van der Waals surface area contributed by atoms with E-state index in [0.717, 1.165) is 36.7 Å². The fourth-order valence-electron chi connectivity index (χ4n) is 2.13. The predicted octanol–water partition coefficient (Wildman–Crippen LogP) is 3.55. The summed E-state index contributed by atoms with van der Waals surface area (Å²) in [6.07, 6.45) is 0. The standard InChI is InChI=1S/C17H23FN2O/c1-13(2)19-10-16-8-9-17(21-16)12-20(3)11-14-4-6-15(18)7-5-14/h4-9,13,19H,10-12H2,1-3H3. The molecule has 1 aromatic heterocycles. The van der Waals surface area contributed by atoms with E-state index in [2.05, 4.69) is 24.1 Å². The van der Waals surface area contributed by atoms with Crippen LogP contribution in [0.4, 0.5) is 4.39 Å². The average Bonchev–Trinajstić information content (AvgIpc) is 2.86. The molecule has 3 nitrogen and oxygen atoms in total. The van der Waals surface area contributed by atoms with Gasteiger partial charge in [-0.25, -0.2) is 4.39 Å². The molecule has 114 valence electrons. The van der Waals surface area contributed by atoms with Crippen molar-refractivity contribution in [3.63, 3.8) is 0 Å². The largest absolute Gasteiger partial charge is 0.463 e. The van der Waals surface area contributed by atoms with Gasteiger partial charge in [-0.05, 0) is 36.9 Å². The molecule has 0 spiro atoms. The van der Waals surface area contributed by atoms with E-state index in [-0.39, 0.29) is 5.82 Å². The molecule has 0 atom stereocenters. The third-order valence-corrected chi connectivity index (χ3v) is 3.19. The smallest absolute Gasteiger partial charge is 0.123 e. The van der Waals surface area contributed by atoms with Gasteiger partial charge < -0.3 is 9.73 Å². The first-order valence-corrected chi connectivity index (χ1v) is 7.27. The van der Waals surface area contributed by atoms with Crippen molar-refractivity contribution in [3.8, 4) is 0 Å². The van der Waals surface area contributed by atoms with E-state index >= 15 is 0 Å². The first kappa shape index (κ1) is 15.7. The van der Waals surface area contributed by atoms with E-state index in [1.54, 1.807) is 0 Å². The van der Waals surface area contributed by atoms with E-state index in [9.17, 15) is 4.39 Å². The van der Waals surface area contributed by atoms with Gasteiger partial charge in [-0.15, -0.1) is 0 Å². The zero-order valence-corrected chi connectivity index (χ0v) is 12.9. The lowest BCUT2D eigenvalue weighted by molar-refractivity contribution is 0.282. The Labute approximate surface area is 125 Å². The van der Waals surface area contributed by atoms with Crippen molar-refractivity contribution in [2.75, 3.05) is 7.05 Å². The molecule has 2 rings (SSSR count). The second-order valence-electron chi connectivity index (χ2n) is 5.70. The summed E-state index contributed by atoms with van der Waals surface area (Å²) in [7, 11) is 2.03. The SMILES string of the molecule is CC(C)NCc1ccc(CN(C)Cc2ccc(F)cc2)o1. The van der Waals surface area contributed by atoms with E-state index in [0.29, 0.717) is 6.04 Å². The van der Waals surface area contributed by atoms with Crippen molar-refractivity contribution in [2.45, 2.75) is 39.5 Å². The summed E-state index contributed by atoms with van der Waals surface area (Å²) in [6, 6.07) is 11.1. The van der Waals surface area contributed by atoms with Crippen LogP contribution in [0.2, 0.25) is 0 Å². The minimum Gasteiger partial charge on any atom is -0.463 e. The summed E-state index contributed by atoms with van der Waals surface area (Å²) in [5.41, 5.74) is 1.09. The van der Waals surface area contributed by atoms with E-state index in [1.165, 1.54) is 12.1 Å². The molecule has 0 aliphatic rings. The third kappa shape index (κ3) is 5.33. The van der Waals surface area contributed by atoms with Crippen molar-refractivity contribution in [2.24, 2.45) is 0 Å². The number of benzene rings is 1. The third-order valence-electron chi connectivity index (χ3n) is 3.19. The van der Waals surface area contributed by atoms with Gasteiger partial charge in [0.05, 0.1) is 13.1 Å². The maximum absolute atomic E-state index is 12.9. The lowest BCUT2D eigenvalue weighted by Gasteiger charge is -2.15. The molecular weight excluding hydrogens is 267 g/mol. The lowest BCUT2D eigenvalue weighted by atomic mass is 10.2. The zero-order chi connectivity index (χ0) is 15.2. The topological polar surface area (TPSA) is 28.4 Å². The Morgan fingerprint density at radius 2 is 1.71 bits per heavy atom. The molecule has 0 bridgehead atoms. The molecule has 1 aromatic carbocycles. The summed E-state index contributed by atoms with van der Waals surface area (Å²) in [6.45, 7) is 6.47. The quantitative estimate of drug-likeness (QED) is 0.845. The number of hydrogen-bond acceptors (Lipinski definition) is 3. The zero-order valence-electron chi connectivity index (χ0n) is 12.9. The molecule has 0 saturated carbocycles. The molecule has 0 aliphatic heterocycles. The summed E-state index contributed by atoms with van der Waals surface area (Å²) in [4.78, 5) is 2.14. The normalized spacial score (nSPS) is 11.5. The van der Waals surface area contributed by atoms with Crippen LogP contribution in [0.25, 0.3) is 0 Å². The van der Waals surface area contributed by atoms with Gasteiger partial charge in [-0.2, -0.15) is 0 Å². The van der Waals surface area contributed by atoms with Gasteiger partial charge in [0.15, 0.2) is 0 Å². The Balaban J connectivity index is 1.84. The van der Waals surface area contributed by atoms with Gasteiger partial charge in [0.1, 0.15) is 17.3 Å². The molecule has 1 heterocycles. The van der Waals surface area contributed by atoms with Crippen molar-refractivity contribution in [1.29, 1.82) is 0 Å². The maximum Gasteiger partial charge on any atom is 0.123 e. The number of rotatable bonds is 7. The van der Waals surface area contributed by atoms with Crippen LogP contribution in [0.3, 0.4) is 0 Å². The first-order valence-electron chi connectivity index (χ1n) is 7.27. The van der Waals surface area contributed by atoms with Crippen molar-refractivity contribution < 1.29 is 8.81 Å². The van der Waals surface area contributed by atoms with Crippen molar-refractivity contribution in [3.05, 3.63) is 59.3 Å². The molecule has 0 aliphatic carbocycles. The molecule has 0 radical (unpaired) electrons. The van der Waals surface area contributed by atoms with Crippen LogP contribution in [0.1, 0.15) is 30.9 Å². The highest BCUT2D eigenvalue weighted by molar-refractivity contribution is 5.16. The molecular formula is C17H23FN2O. The van der Waals surface area contributed by atoms with E-state index < -0.39 is 0 Å². The van der Waals surface area contributed by atoms with Gasteiger partial charge in [-0.3, -0.25) is 4.90 Å². The number of hydrogen-bond donors (Lipinski definition) is 1. The van der Waals surface area contributed by atoms with Crippen LogP contribution >= 0.6 is 0 Å². The van der Waals surface area contributed by atoms with Crippen LogP contribution in [0.5, 0.6) is 0 Å². The number of nitrogens with one attached hydrogen (secondary N) is 1. The second kappa shape index (κ2) is 7.38. The van der Waals surface area contributed by atoms with Gasteiger partial charge >= 0.3 is 0 Å². The summed E-state index contributed by atoms with van der Waals surface area (Å²) in [5, 5.41) is 3.33. The minimum absolute atomic E-state index is 0.199. The van der Waals surface area contributed by atoms with Crippen molar-refractivity contribution >= 4 is 0 Å². The van der Waals surface area contributed by atoms with Crippen LogP contribution in [0, 0.1) is 5.82 Å². The number of halogens is 1. The first-order chi connectivity index (χ1) is 10.0. The van der Waals surface area contributed by atoms with E-state index in [1.807, 2.05) is 31.3 Å². The Bertz CT molecular complexity index is 548. The van der Waals surface area contributed by atoms with E-state index in [4.69, 9.17) is 4.42 Å². The summed E-state index contributed by atoms with van der Waals surface area (Å²) < 4.78 is 18.7. The molecule has 4 heteroatoms. The Morgan fingerprint density at radius 1 is 1.05 bits per heavy atom. The summed E-state index contributed by atoms with van der Waals surface area (Å²) in [5.74, 6) is 1.70. The highest BCUT2D eigenvalue weighted by Gasteiger charge is 2.07. The molecule has 0 fully saturated rings. The number of furan rings is 1. The van der Waals surface area contributed by atoms with Gasteiger partial charge in [0.2, 0.25) is 0 Å². The fraction of sp³-hybridized carbons (Fsp3) is 0.412. The molecule has 0 unspecified atom stereocenters. The highest BCUT2D eigenvalue weighted by atomic mass is 19.1. The van der Waals surface area contributed by atoms with Gasteiger partial charge in [0, 0.05) is 12.6 Å². The molecule has 2 aromatic rings. The summed E-state index contributed by atoms with van der Waals surface area (Å²) >= 11 is 0. The van der Waals surface area contributed by atoms with Crippen LogP contribution in [0.15, 0.2) is 40.8 Å². The molecule has 0 saturated heterocycles.